The molecule has 2 rings (SSSR count). The number of nitrogens with one attached hydrogen (secondary N) is 2. The number of amides is 1. The Morgan fingerprint density at radius 3 is 2.65 bits per heavy atom. The molecule has 7 heteroatoms. The number of thiocarbonyl (C=S) groups is 1. The van der Waals surface area contributed by atoms with Crippen molar-refractivity contribution in [3.05, 3.63) is 47.9 Å². The number of carbonyl (C=O) groups excluding carboxylic acids is 1. The normalized spacial score (nSPS) is 10.0. The molecule has 122 valence electrons. The predicted molar refractivity (Wildman–Crippen MR) is 90.0 cm³/mol. The van der Waals surface area contributed by atoms with Crippen LogP contribution in [0, 0.1) is 0 Å². The molecule has 0 radical (unpaired) electrons. The van der Waals surface area contributed by atoms with Crippen molar-refractivity contribution >= 4 is 23.2 Å². The molecule has 0 fully saturated rings. The summed E-state index contributed by atoms with van der Waals surface area (Å²) < 4.78 is 15.4. The maximum Gasteiger partial charge on any atom is 0.293 e. The first-order valence-electron chi connectivity index (χ1n) is 6.97. The average Bonchev–Trinajstić information content (AvgIpc) is 3.09. The quantitative estimate of drug-likeness (QED) is 0.789. The highest BCUT2D eigenvalue weighted by molar-refractivity contribution is 7.80. The largest absolute Gasteiger partial charge is 0.493 e. The lowest BCUT2D eigenvalue weighted by molar-refractivity contribution is 0.0949. The SMILES string of the molecule is COc1ccc(CCNC(=S)NC(=O)c2ccco2)cc1OC. The molecular weight excluding hydrogens is 316 g/mol. The zero-order valence-electron chi connectivity index (χ0n) is 12.9. The molecule has 0 saturated heterocycles. The van der Waals surface area contributed by atoms with Gasteiger partial charge in [-0.2, -0.15) is 0 Å². The minimum Gasteiger partial charge on any atom is -0.493 e. The monoisotopic (exact) mass is 334 g/mol. The zero-order chi connectivity index (χ0) is 16.7. The Balaban J connectivity index is 1.80. The standard InChI is InChI=1S/C16H18N2O4S/c1-20-12-6-5-11(10-14(12)21-2)7-8-17-16(23)18-15(19)13-4-3-9-22-13/h3-6,9-10H,7-8H2,1-2H3,(H2,17,18,19,23). The van der Waals surface area contributed by atoms with Gasteiger partial charge in [-0.1, -0.05) is 6.07 Å². The van der Waals surface area contributed by atoms with E-state index >= 15 is 0 Å². The van der Waals surface area contributed by atoms with Crippen LogP contribution in [0.5, 0.6) is 11.5 Å². The molecular formula is C16H18N2O4S. The lowest BCUT2D eigenvalue weighted by Crippen LogP contribution is -2.39. The third kappa shape index (κ3) is 4.72. The second kappa shape index (κ2) is 8.19. The van der Waals surface area contributed by atoms with E-state index in [0.717, 1.165) is 12.0 Å². The molecule has 0 spiro atoms. The van der Waals surface area contributed by atoms with Crippen molar-refractivity contribution in [2.24, 2.45) is 0 Å². The summed E-state index contributed by atoms with van der Waals surface area (Å²) >= 11 is 5.08. The van der Waals surface area contributed by atoms with Gasteiger partial charge in [0.15, 0.2) is 22.4 Å². The van der Waals surface area contributed by atoms with Crippen LogP contribution in [-0.4, -0.2) is 31.8 Å². The number of furan rings is 1. The third-order valence-electron chi connectivity index (χ3n) is 3.12. The Morgan fingerprint density at radius 1 is 1.22 bits per heavy atom. The fourth-order valence-corrected chi connectivity index (χ4v) is 2.17. The van der Waals surface area contributed by atoms with E-state index in [0.29, 0.717) is 18.0 Å². The number of benzene rings is 1. The molecule has 23 heavy (non-hydrogen) atoms. The van der Waals surface area contributed by atoms with Crippen LogP contribution in [0.15, 0.2) is 41.0 Å². The van der Waals surface area contributed by atoms with Gasteiger partial charge in [0.25, 0.3) is 5.91 Å². The summed E-state index contributed by atoms with van der Waals surface area (Å²) in [5.41, 5.74) is 1.07. The molecule has 1 heterocycles. The Hall–Kier alpha value is -2.54. The van der Waals surface area contributed by atoms with Crippen LogP contribution < -0.4 is 20.1 Å². The molecule has 6 nitrogen and oxygen atoms in total. The Bertz CT molecular complexity index is 671. The fourth-order valence-electron chi connectivity index (χ4n) is 1.97. The minimum atomic E-state index is -0.376. The van der Waals surface area contributed by atoms with Gasteiger partial charge in [0, 0.05) is 6.54 Å². The van der Waals surface area contributed by atoms with Crippen molar-refractivity contribution < 1.29 is 18.7 Å². The summed E-state index contributed by atoms with van der Waals surface area (Å²) in [6.07, 6.45) is 2.15. The highest BCUT2D eigenvalue weighted by Crippen LogP contribution is 2.27. The van der Waals surface area contributed by atoms with Crippen molar-refractivity contribution in [1.82, 2.24) is 10.6 Å². The zero-order valence-corrected chi connectivity index (χ0v) is 13.7. The van der Waals surface area contributed by atoms with E-state index in [1.54, 1.807) is 26.4 Å². The summed E-state index contributed by atoms with van der Waals surface area (Å²) in [4.78, 5) is 11.7. The molecule has 1 aromatic heterocycles. The topological polar surface area (TPSA) is 72.7 Å². The van der Waals surface area contributed by atoms with Crippen LogP contribution in [0.25, 0.3) is 0 Å². The van der Waals surface area contributed by atoms with Crippen molar-refractivity contribution in [3.8, 4) is 11.5 Å². The van der Waals surface area contributed by atoms with Gasteiger partial charge in [-0.3, -0.25) is 10.1 Å². The van der Waals surface area contributed by atoms with Crippen LogP contribution in [0.3, 0.4) is 0 Å². The molecule has 0 aliphatic heterocycles. The van der Waals surface area contributed by atoms with Crippen molar-refractivity contribution in [2.75, 3.05) is 20.8 Å². The van der Waals surface area contributed by atoms with E-state index in [2.05, 4.69) is 10.6 Å². The van der Waals surface area contributed by atoms with Crippen molar-refractivity contribution in [1.29, 1.82) is 0 Å². The van der Waals surface area contributed by atoms with Crippen LogP contribution >= 0.6 is 12.2 Å². The van der Waals surface area contributed by atoms with Gasteiger partial charge in [0.05, 0.1) is 20.5 Å². The van der Waals surface area contributed by atoms with Crippen molar-refractivity contribution in [3.63, 3.8) is 0 Å². The Kier molecular flexibility index (Phi) is 5.99. The van der Waals surface area contributed by atoms with E-state index < -0.39 is 0 Å². The second-order valence-corrected chi connectivity index (χ2v) is 5.03. The van der Waals surface area contributed by atoms with Gasteiger partial charge >= 0.3 is 0 Å². The summed E-state index contributed by atoms with van der Waals surface area (Å²) in [5.74, 6) is 1.21. The third-order valence-corrected chi connectivity index (χ3v) is 3.37. The average molecular weight is 334 g/mol. The first kappa shape index (κ1) is 16.8. The van der Waals surface area contributed by atoms with Gasteiger partial charge in [0.1, 0.15) is 0 Å². The molecule has 0 aliphatic carbocycles. The highest BCUT2D eigenvalue weighted by Gasteiger charge is 2.10. The van der Waals surface area contributed by atoms with Crippen LogP contribution in [0.2, 0.25) is 0 Å². The molecule has 0 saturated carbocycles. The summed E-state index contributed by atoms with van der Waals surface area (Å²) in [7, 11) is 3.19. The number of carbonyl (C=O) groups is 1. The first-order chi connectivity index (χ1) is 11.1. The number of ether oxygens (including phenoxy) is 2. The molecule has 0 bridgehead atoms. The molecule has 0 aliphatic rings. The van der Waals surface area contributed by atoms with Gasteiger partial charge in [0.2, 0.25) is 0 Å². The van der Waals surface area contributed by atoms with Gasteiger partial charge in [-0.05, 0) is 48.5 Å². The predicted octanol–water partition coefficient (Wildman–Crippen LogP) is 2.14. The molecule has 2 aromatic rings. The first-order valence-corrected chi connectivity index (χ1v) is 7.38. The molecule has 2 N–H and O–H groups in total. The van der Waals surface area contributed by atoms with Gasteiger partial charge in [-0.15, -0.1) is 0 Å². The van der Waals surface area contributed by atoms with Crippen LogP contribution in [0.1, 0.15) is 16.1 Å². The van der Waals surface area contributed by atoms with E-state index in [9.17, 15) is 4.79 Å². The molecule has 1 amide bonds. The summed E-state index contributed by atoms with van der Waals surface area (Å²) in [6, 6.07) is 8.92. The number of hydrogen-bond acceptors (Lipinski definition) is 5. The van der Waals surface area contributed by atoms with E-state index in [-0.39, 0.29) is 16.8 Å². The molecule has 0 unspecified atom stereocenters. The van der Waals surface area contributed by atoms with Crippen LogP contribution in [0.4, 0.5) is 0 Å². The number of rotatable bonds is 6. The molecule has 0 atom stereocenters. The van der Waals surface area contributed by atoms with E-state index in [1.807, 2.05) is 18.2 Å². The van der Waals surface area contributed by atoms with Gasteiger partial charge in [-0.25, -0.2) is 0 Å². The maximum absolute atomic E-state index is 11.7. The maximum atomic E-state index is 11.7. The smallest absolute Gasteiger partial charge is 0.293 e. The summed E-state index contributed by atoms with van der Waals surface area (Å²) in [5, 5.41) is 5.78. The Morgan fingerprint density at radius 2 is 2.00 bits per heavy atom. The number of methoxy groups -OCH3 is 2. The minimum absolute atomic E-state index is 0.217. The number of hydrogen-bond donors (Lipinski definition) is 2. The molecule has 1 aromatic carbocycles. The van der Waals surface area contributed by atoms with Gasteiger partial charge < -0.3 is 19.2 Å². The summed E-state index contributed by atoms with van der Waals surface area (Å²) in [6.45, 7) is 0.576. The fraction of sp³-hybridized carbons (Fsp3) is 0.250. The second-order valence-electron chi connectivity index (χ2n) is 4.63. The lowest BCUT2D eigenvalue weighted by atomic mass is 10.1. The van der Waals surface area contributed by atoms with Crippen molar-refractivity contribution in [2.45, 2.75) is 6.42 Å². The van der Waals surface area contributed by atoms with E-state index in [1.165, 1.54) is 6.26 Å². The highest BCUT2D eigenvalue weighted by atomic mass is 32.1. The van der Waals surface area contributed by atoms with E-state index in [4.69, 9.17) is 26.1 Å². The Labute approximate surface area is 139 Å². The van der Waals surface area contributed by atoms with Crippen LogP contribution in [-0.2, 0) is 6.42 Å². The lowest BCUT2D eigenvalue weighted by Gasteiger charge is -2.11.